The Bertz CT molecular complexity index is 784. The smallest absolute Gasteiger partial charge is 0.543 e. The van der Waals surface area contributed by atoms with Gasteiger partial charge in [0.15, 0.2) is 0 Å². The van der Waals surface area contributed by atoms with Crippen molar-refractivity contribution in [3.05, 3.63) is 66.0 Å². The number of carbonyl (C=O) groups excluding carboxylic acids is 1. The zero-order valence-corrected chi connectivity index (χ0v) is 15.8. The molecule has 100 valence electrons. The molecule has 0 spiro atoms. The normalized spacial score (nSPS) is 10.3. The molecule has 0 amide bonds. The first-order valence-corrected chi connectivity index (χ1v) is 7.03. The molecular formula is C16H12KNO2S. The van der Waals surface area contributed by atoms with Crippen molar-refractivity contribution in [2.75, 3.05) is 0 Å². The van der Waals surface area contributed by atoms with Gasteiger partial charge in [0.1, 0.15) is 0 Å². The minimum absolute atomic E-state index is 0. The maximum atomic E-state index is 11.2. The number of aryl methyl sites for hydroxylation is 1. The Morgan fingerprint density at radius 2 is 1.81 bits per heavy atom. The van der Waals surface area contributed by atoms with Crippen LogP contribution in [0.25, 0.3) is 5.52 Å². The SMILES string of the molecule is Cc1cc2ccc(Sc3ccccc3)cn2c1C(=O)[O-].[K+]. The van der Waals surface area contributed by atoms with Gasteiger partial charge in [-0.25, -0.2) is 0 Å². The zero-order valence-electron chi connectivity index (χ0n) is 11.9. The van der Waals surface area contributed by atoms with Crippen LogP contribution in [0.4, 0.5) is 0 Å². The summed E-state index contributed by atoms with van der Waals surface area (Å²) in [5, 5.41) is 11.2. The third-order valence-electron chi connectivity index (χ3n) is 3.10. The molecule has 0 bridgehead atoms. The van der Waals surface area contributed by atoms with E-state index in [9.17, 15) is 9.90 Å². The molecule has 5 heteroatoms. The van der Waals surface area contributed by atoms with E-state index in [1.54, 1.807) is 23.1 Å². The summed E-state index contributed by atoms with van der Waals surface area (Å²) in [6, 6.07) is 15.7. The number of carboxylic acids is 1. The number of aromatic nitrogens is 1. The Kier molecular flexibility index (Phi) is 5.71. The Balaban J connectivity index is 0.00000161. The number of pyridine rings is 1. The van der Waals surface area contributed by atoms with Crippen LogP contribution in [-0.4, -0.2) is 10.4 Å². The number of carbonyl (C=O) groups is 1. The van der Waals surface area contributed by atoms with E-state index < -0.39 is 5.97 Å². The van der Waals surface area contributed by atoms with Crippen molar-refractivity contribution in [2.24, 2.45) is 0 Å². The fourth-order valence-electron chi connectivity index (χ4n) is 2.23. The maximum Gasteiger partial charge on any atom is 1.00 e. The van der Waals surface area contributed by atoms with Gasteiger partial charge in [0.2, 0.25) is 0 Å². The number of fused-ring (bicyclic) bond motifs is 1. The van der Waals surface area contributed by atoms with Crippen molar-refractivity contribution in [3.8, 4) is 0 Å². The van der Waals surface area contributed by atoms with Gasteiger partial charge >= 0.3 is 51.4 Å². The number of hydrogen-bond donors (Lipinski definition) is 0. The van der Waals surface area contributed by atoms with E-state index in [4.69, 9.17) is 0 Å². The van der Waals surface area contributed by atoms with Gasteiger partial charge in [-0.1, -0.05) is 30.0 Å². The molecule has 0 N–H and O–H groups in total. The molecule has 3 nitrogen and oxygen atoms in total. The second-order valence-electron chi connectivity index (χ2n) is 4.54. The van der Waals surface area contributed by atoms with Crippen LogP contribution in [-0.2, 0) is 0 Å². The van der Waals surface area contributed by atoms with Crippen molar-refractivity contribution >= 4 is 23.2 Å². The molecule has 0 atom stereocenters. The molecule has 2 aromatic heterocycles. The molecular weight excluding hydrogens is 309 g/mol. The van der Waals surface area contributed by atoms with E-state index in [2.05, 4.69) is 0 Å². The third-order valence-corrected chi connectivity index (χ3v) is 4.09. The summed E-state index contributed by atoms with van der Waals surface area (Å²) >= 11 is 1.60. The Hall–Kier alpha value is -0.564. The van der Waals surface area contributed by atoms with Crippen LogP contribution in [0.5, 0.6) is 0 Å². The number of aromatic carboxylic acids is 1. The van der Waals surface area contributed by atoms with E-state index in [1.165, 1.54) is 0 Å². The number of rotatable bonds is 3. The number of hydrogen-bond acceptors (Lipinski definition) is 3. The van der Waals surface area contributed by atoms with Gasteiger partial charge in [0, 0.05) is 21.5 Å². The predicted molar refractivity (Wildman–Crippen MR) is 77.0 cm³/mol. The predicted octanol–water partition coefficient (Wildman–Crippen LogP) is -0.234. The fourth-order valence-corrected chi connectivity index (χ4v) is 3.09. The molecule has 0 unspecified atom stereocenters. The second kappa shape index (κ2) is 7.13. The average Bonchev–Trinajstić information content (AvgIpc) is 2.75. The van der Waals surface area contributed by atoms with Crippen LogP contribution in [0.1, 0.15) is 16.1 Å². The fraction of sp³-hybridized carbons (Fsp3) is 0.0625. The Morgan fingerprint density at radius 3 is 2.48 bits per heavy atom. The van der Waals surface area contributed by atoms with Gasteiger partial charge in [0.25, 0.3) is 0 Å². The standard InChI is InChI=1S/C16H13NO2S.K/c1-11-9-12-7-8-14(10-17(12)15(11)16(18)19)20-13-5-3-2-4-6-13;/h2-10H,1H3,(H,18,19);/q;+1/p-1. The first-order valence-electron chi connectivity index (χ1n) is 6.21. The first-order chi connectivity index (χ1) is 9.65. The van der Waals surface area contributed by atoms with E-state index in [-0.39, 0.29) is 57.1 Å². The van der Waals surface area contributed by atoms with Gasteiger partial charge in [-0.2, -0.15) is 0 Å². The van der Waals surface area contributed by atoms with Crippen LogP contribution >= 0.6 is 11.8 Å². The van der Waals surface area contributed by atoms with Gasteiger partial charge in [-0.3, -0.25) is 0 Å². The minimum Gasteiger partial charge on any atom is -0.543 e. The molecule has 0 radical (unpaired) electrons. The van der Waals surface area contributed by atoms with Crippen LogP contribution in [0.3, 0.4) is 0 Å². The van der Waals surface area contributed by atoms with Crippen LogP contribution in [0.2, 0.25) is 0 Å². The first kappa shape index (κ1) is 16.8. The van der Waals surface area contributed by atoms with Crippen molar-refractivity contribution in [3.63, 3.8) is 0 Å². The molecule has 21 heavy (non-hydrogen) atoms. The Labute approximate surface area is 169 Å². The van der Waals surface area contributed by atoms with E-state index in [0.29, 0.717) is 5.56 Å². The van der Waals surface area contributed by atoms with Crippen LogP contribution in [0.15, 0.2) is 64.5 Å². The van der Waals surface area contributed by atoms with E-state index in [1.807, 2.05) is 54.7 Å². The van der Waals surface area contributed by atoms with Crippen molar-refractivity contribution in [1.82, 2.24) is 4.40 Å². The van der Waals surface area contributed by atoms with Gasteiger partial charge < -0.3 is 14.3 Å². The quantitative estimate of drug-likeness (QED) is 0.626. The molecule has 3 aromatic rings. The van der Waals surface area contributed by atoms with Crippen molar-refractivity contribution in [2.45, 2.75) is 16.7 Å². The van der Waals surface area contributed by atoms with Crippen molar-refractivity contribution < 1.29 is 61.3 Å². The van der Waals surface area contributed by atoms with Gasteiger partial charge in [-0.15, -0.1) is 0 Å². The molecule has 0 aliphatic heterocycles. The summed E-state index contributed by atoms with van der Waals surface area (Å²) in [6.45, 7) is 1.78. The molecule has 0 saturated heterocycles. The van der Waals surface area contributed by atoms with Gasteiger partial charge in [0.05, 0.1) is 11.7 Å². The number of carboxylic acid groups (broad SMARTS) is 1. The summed E-state index contributed by atoms with van der Waals surface area (Å²) in [7, 11) is 0. The monoisotopic (exact) mass is 321 g/mol. The van der Waals surface area contributed by atoms with Crippen molar-refractivity contribution in [1.29, 1.82) is 0 Å². The summed E-state index contributed by atoms with van der Waals surface area (Å²) in [4.78, 5) is 13.3. The topological polar surface area (TPSA) is 44.5 Å². The summed E-state index contributed by atoms with van der Waals surface area (Å²) in [6.07, 6.45) is 1.84. The summed E-state index contributed by atoms with van der Waals surface area (Å²) in [5.74, 6) is -1.15. The third kappa shape index (κ3) is 3.61. The molecule has 0 aliphatic carbocycles. The van der Waals surface area contributed by atoms with Crippen LogP contribution in [0, 0.1) is 6.92 Å². The Morgan fingerprint density at radius 1 is 1.10 bits per heavy atom. The zero-order chi connectivity index (χ0) is 14.1. The number of nitrogens with zero attached hydrogens (tertiary/aromatic N) is 1. The second-order valence-corrected chi connectivity index (χ2v) is 5.69. The number of benzene rings is 1. The van der Waals surface area contributed by atoms with E-state index in [0.717, 1.165) is 15.3 Å². The average molecular weight is 321 g/mol. The molecule has 1 aromatic carbocycles. The molecule has 2 heterocycles. The van der Waals surface area contributed by atoms with Gasteiger partial charge in [-0.05, 0) is 42.8 Å². The molecule has 0 fully saturated rings. The largest absolute Gasteiger partial charge is 1.00 e. The van der Waals surface area contributed by atoms with Crippen LogP contribution < -0.4 is 56.5 Å². The molecule has 0 aliphatic rings. The van der Waals surface area contributed by atoms with E-state index >= 15 is 0 Å². The maximum absolute atomic E-state index is 11.2. The summed E-state index contributed by atoms with van der Waals surface area (Å²) < 4.78 is 1.68. The minimum atomic E-state index is -1.15. The molecule has 0 saturated carbocycles. The molecule has 3 rings (SSSR count). The summed E-state index contributed by atoms with van der Waals surface area (Å²) in [5.41, 5.74) is 1.79.